The van der Waals surface area contributed by atoms with Crippen molar-refractivity contribution < 1.29 is 9.53 Å². The predicted molar refractivity (Wildman–Crippen MR) is 93.3 cm³/mol. The van der Waals surface area contributed by atoms with Gasteiger partial charge in [-0.2, -0.15) is 0 Å². The molecule has 0 saturated carbocycles. The van der Waals surface area contributed by atoms with Crippen LogP contribution in [0.1, 0.15) is 17.5 Å². The molecular weight excluding hydrogens is 352 g/mol. The van der Waals surface area contributed by atoms with E-state index in [4.69, 9.17) is 4.74 Å². The Labute approximate surface area is 144 Å². The Morgan fingerprint density at radius 1 is 1.04 bits per heavy atom. The summed E-state index contributed by atoms with van der Waals surface area (Å²) in [5.41, 5.74) is 1.59. The van der Waals surface area contributed by atoms with Crippen LogP contribution in [0.5, 0.6) is 0 Å². The Hall–Kier alpha value is -1.87. The lowest BCUT2D eigenvalue weighted by Crippen LogP contribution is -2.54. The number of hydrogen-bond acceptors (Lipinski definition) is 2. The van der Waals surface area contributed by atoms with Gasteiger partial charge in [0.2, 0.25) is 0 Å². The molecule has 2 aromatic rings. The van der Waals surface area contributed by atoms with E-state index in [1.54, 1.807) is 0 Å². The predicted octanol–water partition coefficient (Wildman–Crippen LogP) is 4.39. The molecule has 2 aliphatic heterocycles. The molecule has 5 rings (SSSR count). The largest absolute Gasteiger partial charge is 0.456 e. The van der Waals surface area contributed by atoms with Gasteiger partial charge in [-0.3, -0.25) is 4.79 Å². The third-order valence-electron chi connectivity index (χ3n) is 4.98. The molecule has 116 valence electrons. The summed E-state index contributed by atoms with van der Waals surface area (Å²) >= 11 is 3.60. The van der Waals surface area contributed by atoms with Gasteiger partial charge in [0.15, 0.2) is 0 Å². The third-order valence-corrected chi connectivity index (χ3v) is 5.72. The van der Waals surface area contributed by atoms with Crippen LogP contribution >= 0.6 is 15.9 Å². The molecule has 1 aliphatic carbocycles. The topological polar surface area (TPSA) is 26.3 Å². The minimum atomic E-state index is -0.690. The highest BCUT2D eigenvalue weighted by Gasteiger charge is 2.55. The van der Waals surface area contributed by atoms with Crippen LogP contribution < -0.4 is 0 Å². The zero-order valence-electron chi connectivity index (χ0n) is 12.6. The molecule has 3 atom stereocenters. The minimum absolute atomic E-state index is 0.121. The van der Waals surface area contributed by atoms with Crippen LogP contribution in [-0.2, 0) is 21.4 Å². The summed E-state index contributed by atoms with van der Waals surface area (Å²) in [5.74, 6) is 0.0870. The van der Waals surface area contributed by atoms with Crippen molar-refractivity contribution >= 4 is 21.9 Å². The average molecular weight is 369 g/mol. The first-order chi connectivity index (χ1) is 11.2. The average Bonchev–Trinajstić information content (AvgIpc) is 2.58. The second-order valence-corrected chi connectivity index (χ2v) is 7.20. The summed E-state index contributed by atoms with van der Waals surface area (Å²) in [6.45, 7) is 0. The molecule has 2 nitrogen and oxygen atoms in total. The van der Waals surface area contributed by atoms with Crippen molar-refractivity contribution in [3.8, 4) is 0 Å². The molecular formula is C20H17BrO2. The number of rotatable bonds is 3. The van der Waals surface area contributed by atoms with Gasteiger partial charge in [0.25, 0.3) is 0 Å². The van der Waals surface area contributed by atoms with E-state index in [1.807, 2.05) is 36.4 Å². The van der Waals surface area contributed by atoms with E-state index in [9.17, 15) is 4.79 Å². The van der Waals surface area contributed by atoms with E-state index >= 15 is 0 Å². The molecule has 3 heteroatoms. The zero-order valence-corrected chi connectivity index (χ0v) is 14.2. The first-order valence-corrected chi connectivity index (χ1v) is 8.68. The zero-order chi connectivity index (χ0) is 15.9. The van der Waals surface area contributed by atoms with Crippen molar-refractivity contribution in [3.05, 3.63) is 82.3 Å². The molecule has 23 heavy (non-hydrogen) atoms. The van der Waals surface area contributed by atoms with E-state index in [0.29, 0.717) is 0 Å². The van der Waals surface area contributed by atoms with Crippen LogP contribution in [-0.4, -0.2) is 12.1 Å². The third kappa shape index (κ3) is 2.34. The van der Waals surface area contributed by atoms with Gasteiger partial charge in [-0.25, -0.2) is 0 Å². The molecule has 0 radical (unpaired) electrons. The van der Waals surface area contributed by atoms with Crippen LogP contribution in [0.25, 0.3) is 0 Å². The Kier molecular flexibility index (Phi) is 3.61. The summed E-state index contributed by atoms with van der Waals surface area (Å²) < 4.78 is 6.66. The van der Waals surface area contributed by atoms with Gasteiger partial charge in [0.05, 0.1) is 0 Å². The smallest absolute Gasteiger partial charge is 0.321 e. The number of benzene rings is 2. The van der Waals surface area contributed by atoms with Gasteiger partial charge in [-0.1, -0.05) is 76.6 Å². The van der Waals surface area contributed by atoms with Gasteiger partial charge in [-0.15, -0.1) is 0 Å². The summed E-state index contributed by atoms with van der Waals surface area (Å²) in [4.78, 5) is 12.8. The summed E-state index contributed by atoms with van der Waals surface area (Å²) in [7, 11) is 0. The van der Waals surface area contributed by atoms with Crippen LogP contribution in [0.3, 0.4) is 0 Å². The summed E-state index contributed by atoms with van der Waals surface area (Å²) in [5, 5.41) is 0. The van der Waals surface area contributed by atoms with E-state index in [-0.39, 0.29) is 18.0 Å². The molecule has 0 N–H and O–H groups in total. The Balaban J connectivity index is 1.81. The lowest BCUT2D eigenvalue weighted by molar-refractivity contribution is -0.164. The van der Waals surface area contributed by atoms with E-state index in [0.717, 1.165) is 22.9 Å². The van der Waals surface area contributed by atoms with Gasteiger partial charge in [0, 0.05) is 4.48 Å². The van der Waals surface area contributed by atoms with E-state index in [1.165, 1.54) is 5.56 Å². The van der Waals surface area contributed by atoms with Crippen LogP contribution in [0.4, 0.5) is 0 Å². The lowest BCUT2D eigenvalue weighted by Gasteiger charge is -2.48. The fourth-order valence-corrected chi connectivity index (χ4v) is 4.48. The molecule has 3 aliphatic rings. The summed E-state index contributed by atoms with van der Waals surface area (Å²) in [6.07, 6.45) is 3.67. The number of halogens is 1. The standard InChI is InChI=1S/C20H17BrO2/c21-17-13-20(15-9-5-2-6-10-15)16(12-18(17)23-19(20)22)11-14-7-3-1-4-8-14/h1-10,13,16,18H,11-12H2/t16-,18+,20-/m1/s1. The Morgan fingerprint density at radius 3 is 2.39 bits per heavy atom. The Bertz CT molecular complexity index is 754. The molecule has 1 fully saturated rings. The van der Waals surface area contributed by atoms with Crippen molar-refractivity contribution in [2.24, 2.45) is 5.92 Å². The van der Waals surface area contributed by atoms with Crippen molar-refractivity contribution in [2.45, 2.75) is 24.4 Å². The van der Waals surface area contributed by atoms with Crippen molar-refractivity contribution in [1.29, 1.82) is 0 Å². The second-order valence-electron chi connectivity index (χ2n) is 6.28. The van der Waals surface area contributed by atoms with Crippen molar-refractivity contribution in [1.82, 2.24) is 0 Å². The fourth-order valence-electron chi connectivity index (χ4n) is 3.84. The first-order valence-electron chi connectivity index (χ1n) is 7.89. The maximum Gasteiger partial charge on any atom is 0.321 e. The number of ether oxygens (including phenoxy) is 1. The van der Waals surface area contributed by atoms with Gasteiger partial charge >= 0.3 is 5.97 Å². The number of fused-ring (bicyclic) bond motifs is 2. The first kappa shape index (κ1) is 14.7. The normalized spacial score (nSPS) is 29.1. The van der Waals surface area contributed by atoms with E-state index < -0.39 is 5.41 Å². The molecule has 1 saturated heterocycles. The molecule has 2 aromatic carbocycles. The highest BCUT2D eigenvalue weighted by atomic mass is 79.9. The van der Waals surface area contributed by atoms with Gasteiger partial charge < -0.3 is 4.74 Å². The quantitative estimate of drug-likeness (QED) is 0.750. The van der Waals surface area contributed by atoms with Crippen LogP contribution in [0, 0.1) is 5.92 Å². The van der Waals surface area contributed by atoms with Crippen LogP contribution in [0.15, 0.2) is 71.2 Å². The monoisotopic (exact) mass is 368 g/mol. The molecule has 0 spiro atoms. The molecule has 2 heterocycles. The second kappa shape index (κ2) is 5.64. The number of hydrogen-bond donors (Lipinski definition) is 0. The van der Waals surface area contributed by atoms with Gasteiger partial charge in [-0.05, 0) is 36.0 Å². The molecule has 2 bridgehead atoms. The number of esters is 1. The Morgan fingerprint density at radius 2 is 1.70 bits per heavy atom. The van der Waals surface area contributed by atoms with Crippen molar-refractivity contribution in [2.75, 3.05) is 0 Å². The highest BCUT2D eigenvalue weighted by Crippen LogP contribution is 2.51. The number of carbonyl (C=O) groups is 1. The minimum Gasteiger partial charge on any atom is -0.456 e. The molecule has 0 amide bonds. The van der Waals surface area contributed by atoms with E-state index in [2.05, 4.69) is 46.3 Å². The maximum atomic E-state index is 12.8. The number of carbonyl (C=O) groups excluding carboxylic acids is 1. The highest BCUT2D eigenvalue weighted by molar-refractivity contribution is 9.11. The SMILES string of the molecule is O=C1O[C@H]2C[C@@H](Cc3ccccc3)[C@]1(c1ccccc1)C=C2Br. The maximum absolute atomic E-state index is 12.8. The van der Waals surface area contributed by atoms with Gasteiger partial charge in [0.1, 0.15) is 11.5 Å². The fraction of sp³-hybridized carbons (Fsp3) is 0.250. The summed E-state index contributed by atoms with van der Waals surface area (Å²) in [6, 6.07) is 20.4. The lowest BCUT2D eigenvalue weighted by atomic mass is 9.62. The molecule has 0 aromatic heterocycles. The van der Waals surface area contributed by atoms with Crippen molar-refractivity contribution in [3.63, 3.8) is 0 Å². The molecule has 0 unspecified atom stereocenters. The van der Waals surface area contributed by atoms with Crippen LogP contribution in [0.2, 0.25) is 0 Å².